The van der Waals surface area contributed by atoms with Crippen LogP contribution < -0.4 is 0 Å². The van der Waals surface area contributed by atoms with Crippen molar-refractivity contribution >= 4 is 49.6 Å². The van der Waals surface area contributed by atoms with Crippen LogP contribution in [0.3, 0.4) is 0 Å². The van der Waals surface area contributed by atoms with Gasteiger partial charge in [-0.3, -0.25) is 0 Å². The Morgan fingerprint density at radius 2 is 1.09 bits per heavy atom. The first-order valence-electron chi connectivity index (χ1n) is 15.1. The minimum Gasteiger partial charge on any atom is -0.456 e. The number of hydrogen-bond acceptors (Lipinski definition) is 1. The Hall–Kier alpha value is -5.66. The van der Waals surface area contributed by atoms with Gasteiger partial charge in [-0.15, -0.1) is 0 Å². The third-order valence-corrected chi connectivity index (χ3v) is 8.78. The number of hydrogen-bond donors (Lipinski definition) is 0. The zero-order valence-electron chi connectivity index (χ0n) is 24.5. The van der Waals surface area contributed by atoms with Crippen molar-refractivity contribution in [1.82, 2.24) is 0 Å². The summed E-state index contributed by atoms with van der Waals surface area (Å²) in [6, 6.07) is 48.1. The van der Waals surface area contributed by atoms with E-state index < -0.39 is 0 Å². The molecule has 0 unspecified atom stereocenters. The molecule has 0 aliphatic heterocycles. The van der Waals surface area contributed by atoms with E-state index in [2.05, 4.69) is 153 Å². The molecule has 1 aromatic heterocycles. The zero-order chi connectivity index (χ0) is 29.6. The van der Waals surface area contributed by atoms with Crippen LogP contribution in [0.5, 0.6) is 0 Å². The Bertz CT molecular complexity index is 2350. The van der Waals surface area contributed by atoms with Gasteiger partial charge in [-0.25, -0.2) is 0 Å². The molecule has 8 rings (SSSR count). The van der Waals surface area contributed by atoms with Crippen LogP contribution in [0.15, 0.2) is 157 Å². The van der Waals surface area contributed by atoms with Gasteiger partial charge in [0, 0.05) is 10.8 Å². The maximum atomic E-state index is 6.51. The van der Waals surface area contributed by atoms with Crippen LogP contribution in [0.1, 0.15) is 11.1 Å². The molecule has 0 saturated carbocycles. The van der Waals surface area contributed by atoms with Gasteiger partial charge in [0.1, 0.15) is 11.2 Å². The first kappa shape index (κ1) is 26.0. The summed E-state index contributed by atoms with van der Waals surface area (Å²) < 4.78 is 6.51. The van der Waals surface area contributed by atoms with Gasteiger partial charge < -0.3 is 4.42 Å². The Balaban J connectivity index is 1.49. The molecule has 8 aromatic rings. The van der Waals surface area contributed by atoms with Crippen LogP contribution >= 0.6 is 0 Å². The largest absolute Gasteiger partial charge is 0.456 e. The summed E-state index contributed by atoms with van der Waals surface area (Å²) in [5.41, 5.74) is 11.5. The van der Waals surface area contributed by atoms with Gasteiger partial charge >= 0.3 is 0 Å². The summed E-state index contributed by atoms with van der Waals surface area (Å²) >= 11 is 0. The second kappa shape index (κ2) is 10.6. The molecule has 0 radical (unpaired) electrons. The number of fused-ring (bicyclic) bond motifs is 5. The van der Waals surface area contributed by atoms with E-state index in [1.165, 1.54) is 60.5 Å². The molecule has 1 heteroatoms. The van der Waals surface area contributed by atoms with Crippen molar-refractivity contribution in [2.75, 3.05) is 0 Å². The molecule has 0 amide bonds. The molecular formula is C43H30O. The van der Waals surface area contributed by atoms with Gasteiger partial charge in [0.25, 0.3) is 0 Å². The van der Waals surface area contributed by atoms with Gasteiger partial charge in [-0.1, -0.05) is 140 Å². The average Bonchev–Trinajstić information content (AvgIpc) is 3.44. The topological polar surface area (TPSA) is 13.1 Å². The highest BCUT2D eigenvalue weighted by atomic mass is 16.3. The van der Waals surface area contributed by atoms with E-state index in [0.717, 1.165) is 27.5 Å². The fourth-order valence-electron chi connectivity index (χ4n) is 6.83. The molecule has 1 nitrogen and oxygen atoms in total. The summed E-state index contributed by atoms with van der Waals surface area (Å²) in [7, 11) is 0. The fraction of sp³-hybridized carbons (Fsp3) is 0.0233. The van der Waals surface area contributed by atoms with Crippen molar-refractivity contribution < 1.29 is 4.42 Å². The Kier molecular flexibility index (Phi) is 6.24. The molecule has 0 spiro atoms. The van der Waals surface area contributed by atoms with Crippen molar-refractivity contribution in [1.29, 1.82) is 0 Å². The Morgan fingerprint density at radius 3 is 1.75 bits per heavy atom. The van der Waals surface area contributed by atoms with Crippen LogP contribution in [0.25, 0.3) is 82.9 Å². The van der Waals surface area contributed by atoms with Crippen LogP contribution in [-0.2, 0) is 0 Å². The second-order valence-corrected chi connectivity index (χ2v) is 11.3. The number of benzene rings is 7. The number of rotatable bonds is 5. The molecule has 0 N–H and O–H groups in total. The molecule has 0 saturated heterocycles. The standard InChI is InChI=1S/C43H30O/c1-3-4-15-30-27-40-38(26-28(30)2)43-37(24-14-25-39(43)44-40)42-35-22-12-10-20-33(35)41(34-21-11-13-23-36(34)42)32-19-9-8-18-31(32)29-16-6-5-7-17-29/h3-27H,1H2,2H3/b15-4-. The van der Waals surface area contributed by atoms with E-state index in [0.29, 0.717) is 0 Å². The number of aryl methyl sites for hydroxylation is 1. The van der Waals surface area contributed by atoms with E-state index in [9.17, 15) is 0 Å². The molecule has 0 aliphatic rings. The predicted octanol–water partition coefficient (Wildman–Crippen LogP) is 12.4. The lowest BCUT2D eigenvalue weighted by atomic mass is 9.83. The summed E-state index contributed by atoms with van der Waals surface area (Å²) in [6.07, 6.45) is 5.86. The van der Waals surface area contributed by atoms with Gasteiger partial charge in [0.05, 0.1) is 0 Å². The second-order valence-electron chi connectivity index (χ2n) is 11.3. The molecule has 7 aromatic carbocycles. The van der Waals surface area contributed by atoms with Crippen molar-refractivity contribution in [2.45, 2.75) is 6.92 Å². The average molecular weight is 563 g/mol. The first-order valence-corrected chi connectivity index (χ1v) is 15.1. The molecular weight excluding hydrogens is 532 g/mol. The lowest BCUT2D eigenvalue weighted by Crippen LogP contribution is -1.93. The van der Waals surface area contributed by atoms with E-state index in [-0.39, 0.29) is 0 Å². The van der Waals surface area contributed by atoms with Crippen molar-refractivity contribution in [2.24, 2.45) is 0 Å². The third kappa shape index (κ3) is 4.09. The third-order valence-electron chi connectivity index (χ3n) is 8.78. The highest BCUT2D eigenvalue weighted by Gasteiger charge is 2.21. The summed E-state index contributed by atoms with van der Waals surface area (Å²) in [5, 5.41) is 7.22. The maximum absolute atomic E-state index is 6.51. The first-order chi connectivity index (χ1) is 21.7. The van der Waals surface area contributed by atoms with Gasteiger partial charge in [0.15, 0.2) is 0 Å². The van der Waals surface area contributed by atoms with Gasteiger partial charge in [-0.2, -0.15) is 0 Å². The molecule has 0 fully saturated rings. The van der Waals surface area contributed by atoms with E-state index in [1.54, 1.807) is 6.08 Å². The van der Waals surface area contributed by atoms with Crippen molar-refractivity contribution in [3.8, 4) is 33.4 Å². The SMILES string of the molecule is C=C/C=C\c1cc2oc3cccc(-c4c5ccccc5c(-c5ccccc5-c5ccccc5)c5ccccc45)c3c2cc1C. The maximum Gasteiger partial charge on any atom is 0.136 e. The number of allylic oxidation sites excluding steroid dienone is 2. The van der Waals surface area contributed by atoms with E-state index >= 15 is 0 Å². The van der Waals surface area contributed by atoms with Crippen molar-refractivity contribution in [3.05, 3.63) is 163 Å². The van der Waals surface area contributed by atoms with E-state index in [1.807, 2.05) is 6.08 Å². The van der Waals surface area contributed by atoms with Crippen LogP contribution in [0.2, 0.25) is 0 Å². The molecule has 0 atom stereocenters. The lowest BCUT2D eigenvalue weighted by molar-refractivity contribution is 0.669. The van der Waals surface area contributed by atoms with Crippen LogP contribution in [-0.4, -0.2) is 0 Å². The summed E-state index contributed by atoms with van der Waals surface area (Å²) in [4.78, 5) is 0. The van der Waals surface area contributed by atoms with Crippen molar-refractivity contribution in [3.63, 3.8) is 0 Å². The minimum atomic E-state index is 0.892. The van der Waals surface area contributed by atoms with Gasteiger partial charge in [-0.05, 0) is 91.2 Å². The van der Waals surface area contributed by atoms with Crippen LogP contribution in [0, 0.1) is 6.92 Å². The fourth-order valence-corrected chi connectivity index (χ4v) is 6.83. The lowest BCUT2D eigenvalue weighted by Gasteiger charge is -2.20. The monoisotopic (exact) mass is 562 g/mol. The Morgan fingerprint density at radius 1 is 0.523 bits per heavy atom. The molecule has 0 bridgehead atoms. The smallest absolute Gasteiger partial charge is 0.136 e. The zero-order valence-corrected chi connectivity index (χ0v) is 24.5. The highest BCUT2D eigenvalue weighted by Crippen LogP contribution is 2.48. The molecule has 1 heterocycles. The summed E-state index contributed by atoms with van der Waals surface area (Å²) in [6.45, 7) is 5.99. The van der Waals surface area contributed by atoms with E-state index in [4.69, 9.17) is 4.42 Å². The molecule has 44 heavy (non-hydrogen) atoms. The molecule has 208 valence electrons. The quantitative estimate of drug-likeness (QED) is 0.150. The Labute approximate surface area is 257 Å². The normalized spacial score (nSPS) is 11.8. The van der Waals surface area contributed by atoms with Gasteiger partial charge in [0.2, 0.25) is 0 Å². The highest BCUT2D eigenvalue weighted by molar-refractivity contribution is 6.26. The van der Waals surface area contributed by atoms with Crippen LogP contribution in [0.4, 0.5) is 0 Å². The number of furan rings is 1. The predicted molar refractivity (Wildman–Crippen MR) is 189 cm³/mol. The molecule has 0 aliphatic carbocycles. The summed E-state index contributed by atoms with van der Waals surface area (Å²) in [5.74, 6) is 0. The minimum absolute atomic E-state index is 0.892.